The summed E-state index contributed by atoms with van der Waals surface area (Å²) in [5, 5.41) is 16.2. The zero-order chi connectivity index (χ0) is 19.6. The summed E-state index contributed by atoms with van der Waals surface area (Å²) in [7, 11) is 0. The molecule has 2 N–H and O–H groups in total. The SMILES string of the molecule is CC.O=C(O)c1ccccc1NC(=O)N1CCCN(Cc2ccsc2)CC1. The third kappa shape index (κ3) is 6.08. The fraction of sp³-hybridized carbons (Fsp3) is 0.400. The molecule has 0 aliphatic carbocycles. The fourth-order valence-electron chi connectivity index (χ4n) is 2.95. The first-order valence-corrected chi connectivity index (χ1v) is 10.2. The van der Waals surface area contributed by atoms with Crippen LogP contribution in [0.5, 0.6) is 0 Å². The lowest BCUT2D eigenvalue weighted by Crippen LogP contribution is -2.38. The van der Waals surface area contributed by atoms with Crippen molar-refractivity contribution in [2.75, 3.05) is 31.5 Å². The van der Waals surface area contributed by atoms with Crippen molar-refractivity contribution in [1.29, 1.82) is 0 Å². The number of benzene rings is 1. The van der Waals surface area contributed by atoms with E-state index in [4.69, 9.17) is 0 Å². The van der Waals surface area contributed by atoms with Gasteiger partial charge in [0, 0.05) is 32.7 Å². The molecule has 2 heterocycles. The summed E-state index contributed by atoms with van der Waals surface area (Å²) in [5.41, 5.74) is 1.74. The van der Waals surface area contributed by atoms with Gasteiger partial charge < -0.3 is 15.3 Å². The Labute approximate surface area is 164 Å². The zero-order valence-electron chi connectivity index (χ0n) is 15.9. The first-order chi connectivity index (χ1) is 13.1. The van der Waals surface area contributed by atoms with E-state index in [0.717, 1.165) is 26.1 Å². The van der Waals surface area contributed by atoms with Crippen LogP contribution in [0.1, 0.15) is 36.2 Å². The van der Waals surface area contributed by atoms with Gasteiger partial charge in [-0.3, -0.25) is 4.90 Å². The first-order valence-electron chi connectivity index (χ1n) is 9.25. The van der Waals surface area contributed by atoms with Gasteiger partial charge in [-0.1, -0.05) is 26.0 Å². The van der Waals surface area contributed by atoms with E-state index in [2.05, 4.69) is 27.0 Å². The number of hydrogen-bond donors (Lipinski definition) is 2. The number of anilines is 1. The van der Waals surface area contributed by atoms with Gasteiger partial charge in [0.2, 0.25) is 0 Å². The average molecular weight is 390 g/mol. The molecule has 1 aromatic carbocycles. The lowest BCUT2D eigenvalue weighted by molar-refractivity contribution is 0.0698. The van der Waals surface area contributed by atoms with Crippen LogP contribution in [0.4, 0.5) is 10.5 Å². The molecular formula is C20H27N3O3S. The molecule has 27 heavy (non-hydrogen) atoms. The van der Waals surface area contributed by atoms with E-state index in [1.807, 2.05) is 13.8 Å². The van der Waals surface area contributed by atoms with E-state index in [-0.39, 0.29) is 11.6 Å². The number of carbonyl (C=O) groups excluding carboxylic acids is 1. The van der Waals surface area contributed by atoms with E-state index in [9.17, 15) is 14.7 Å². The minimum Gasteiger partial charge on any atom is -0.478 e. The molecule has 7 heteroatoms. The Bertz CT molecular complexity index is 734. The van der Waals surface area contributed by atoms with Crippen LogP contribution in [0.25, 0.3) is 0 Å². The molecular weight excluding hydrogens is 362 g/mol. The molecule has 0 radical (unpaired) electrons. The Hall–Kier alpha value is -2.38. The minimum atomic E-state index is -1.05. The van der Waals surface area contributed by atoms with Crippen LogP contribution < -0.4 is 5.32 Å². The summed E-state index contributed by atoms with van der Waals surface area (Å²) >= 11 is 1.69. The predicted octanol–water partition coefficient (Wildman–Crippen LogP) is 4.21. The number of carboxylic acid groups (broad SMARTS) is 1. The van der Waals surface area contributed by atoms with Crippen molar-refractivity contribution >= 4 is 29.0 Å². The molecule has 1 aliphatic heterocycles. The molecule has 2 amide bonds. The van der Waals surface area contributed by atoms with Crippen molar-refractivity contribution in [3.63, 3.8) is 0 Å². The summed E-state index contributed by atoms with van der Waals surface area (Å²) in [6.45, 7) is 7.96. The van der Waals surface area contributed by atoms with Crippen molar-refractivity contribution in [2.24, 2.45) is 0 Å². The van der Waals surface area contributed by atoms with Gasteiger partial charge in [0.05, 0.1) is 11.3 Å². The summed E-state index contributed by atoms with van der Waals surface area (Å²) in [4.78, 5) is 27.9. The number of rotatable bonds is 4. The molecule has 0 spiro atoms. The Morgan fingerprint density at radius 1 is 1.11 bits per heavy atom. The van der Waals surface area contributed by atoms with Gasteiger partial charge in [0.25, 0.3) is 0 Å². The Balaban J connectivity index is 0.00000126. The van der Waals surface area contributed by atoms with Gasteiger partial charge in [-0.15, -0.1) is 0 Å². The number of thiophene rings is 1. The quantitative estimate of drug-likeness (QED) is 0.821. The van der Waals surface area contributed by atoms with Crippen LogP contribution in [0, 0.1) is 0 Å². The second-order valence-electron chi connectivity index (χ2n) is 6.03. The molecule has 1 aromatic heterocycles. The average Bonchev–Trinajstić information content (AvgIpc) is 3.07. The van der Waals surface area contributed by atoms with E-state index in [1.165, 1.54) is 11.6 Å². The van der Waals surface area contributed by atoms with E-state index in [0.29, 0.717) is 18.8 Å². The molecule has 1 aliphatic rings. The maximum absolute atomic E-state index is 12.5. The smallest absolute Gasteiger partial charge is 0.337 e. The number of nitrogens with one attached hydrogen (secondary N) is 1. The van der Waals surface area contributed by atoms with E-state index in [1.54, 1.807) is 34.4 Å². The highest BCUT2D eigenvalue weighted by molar-refractivity contribution is 7.07. The lowest BCUT2D eigenvalue weighted by Gasteiger charge is -2.22. The maximum atomic E-state index is 12.5. The number of para-hydroxylation sites is 1. The second kappa shape index (κ2) is 10.7. The van der Waals surface area contributed by atoms with E-state index >= 15 is 0 Å². The number of carboxylic acids is 1. The Kier molecular flexibility index (Phi) is 8.29. The third-order valence-electron chi connectivity index (χ3n) is 4.26. The highest BCUT2D eigenvalue weighted by Gasteiger charge is 2.20. The number of nitrogens with zero attached hydrogens (tertiary/aromatic N) is 2. The van der Waals surface area contributed by atoms with Crippen LogP contribution in [0.3, 0.4) is 0 Å². The molecule has 2 aromatic rings. The van der Waals surface area contributed by atoms with Crippen molar-refractivity contribution in [3.8, 4) is 0 Å². The minimum absolute atomic E-state index is 0.102. The monoisotopic (exact) mass is 389 g/mol. The molecule has 6 nitrogen and oxygen atoms in total. The maximum Gasteiger partial charge on any atom is 0.337 e. The third-order valence-corrected chi connectivity index (χ3v) is 4.99. The van der Waals surface area contributed by atoms with Crippen LogP contribution in [0.2, 0.25) is 0 Å². The lowest BCUT2D eigenvalue weighted by atomic mass is 10.2. The van der Waals surface area contributed by atoms with Crippen molar-refractivity contribution < 1.29 is 14.7 Å². The highest BCUT2D eigenvalue weighted by Crippen LogP contribution is 2.17. The molecule has 0 atom stereocenters. The molecule has 1 saturated heterocycles. The number of amides is 2. The van der Waals surface area contributed by atoms with Gasteiger partial charge in [-0.2, -0.15) is 11.3 Å². The fourth-order valence-corrected chi connectivity index (χ4v) is 3.61. The molecule has 0 unspecified atom stereocenters. The van der Waals surface area contributed by atoms with Crippen molar-refractivity contribution in [1.82, 2.24) is 9.80 Å². The standard InChI is InChI=1S/C18H21N3O3S.C2H6/c22-17(23)15-4-1-2-5-16(15)19-18(24)21-8-3-7-20(9-10-21)12-14-6-11-25-13-14;1-2/h1-2,4-6,11,13H,3,7-10,12H2,(H,19,24)(H,22,23);1-2H3. The van der Waals surface area contributed by atoms with Gasteiger partial charge in [0.1, 0.15) is 0 Å². The van der Waals surface area contributed by atoms with Crippen molar-refractivity contribution in [3.05, 3.63) is 52.2 Å². The van der Waals surface area contributed by atoms with E-state index < -0.39 is 5.97 Å². The van der Waals surface area contributed by atoms with Crippen LogP contribution >= 0.6 is 11.3 Å². The molecule has 0 saturated carbocycles. The Morgan fingerprint density at radius 3 is 2.59 bits per heavy atom. The summed E-state index contributed by atoms with van der Waals surface area (Å²) in [6.07, 6.45) is 0.901. The molecule has 146 valence electrons. The zero-order valence-corrected chi connectivity index (χ0v) is 16.7. The molecule has 1 fully saturated rings. The molecule has 0 bridgehead atoms. The predicted molar refractivity (Wildman–Crippen MR) is 110 cm³/mol. The number of urea groups is 1. The van der Waals surface area contributed by atoms with Crippen LogP contribution in [-0.4, -0.2) is 53.1 Å². The van der Waals surface area contributed by atoms with Gasteiger partial charge in [-0.05, 0) is 40.9 Å². The summed E-state index contributed by atoms with van der Waals surface area (Å²) in [5.74, 6) is -1.05. The van der Waals surface area contributed by atoms with Gasteiger partial charge in [0.15, 0.2) is 0 Å². The number of aromatic carboxylic acids is 1. The van der Waals surface area contributed by atoms with Crippen molar-refractivity contribution in [2.45, 2.75) is 26.8 Å². The highest BCUT2D eigenvalue weighted by atomic mass is 32.1. The van der Waals surface area contributed by atoms with Gasteiger partial charge >= 0.3 is 12.0 Å². The van der Waals surface area contributed by atoms with Gasteiger partial charge in [-0.25, -0.2) is 9.59 Å². The normalized spacial score (nSPS) is 14.7. The Morgan fingerprint density at radius 2 is 1.89 bits per heavy atom. The first kappa shape index (κ1) is 20.9. The summed E-state index contributed by atoms with van der Waals surface area (Å²) < 4.78 is 0. The topological polar surface area (TPSA) is 72.9 Å². The molecule has 3 rings (SSSR count). The number of hydrogen-bond acceptors (Lipinski definition) is 4. The van der Waals surface area contributed by atoms with Crippen LogP contribution in [-0.2, 0) is 6.54 Å². The second-order valence-corrected chi connectivity index (χ2v) is 6.81. The largest absolute Gasteiger partial charge is 0.478 e. The van der Waals surface area contributed by atoms with Crippen LogP contribution in [0.15, 0.2) is 41.1 Å². The number of carbonyl (C=O) groups is 2. The summed E-state index contributed by atoms with van der Waals surface area (Å²) in [6, 6.07) is 8.35.